The van der Waals surface area contributed by atoms with Crippen molar-refractivity contribution in [2.24, 2.45) is 0 Å². The van der Waals surface area contributed by atoms with Crippen LogP contribution in [-0.2, 0) is 13.6 Å². The molecule has 0 amide bonds. The van der Waals surface area contributed by atoms with Gasteiger partial charge in [0.05, 0.1) is 25.3 Å². The second-order valence-electron chi connectivity index (χ2n) is 7.26. The van der Waals surface area contributed by atoms with E-state index in [1.54, 1.807) is 24.3 Å². The van der Waals surface area contributed by atoms with Crippen LogP contribution in [0.2, 0.25) is 26.2 Å². The number of ether oxygens (including phenoxy) is 2. The summed E-state index contributed by atoms with van der Waals surface area (Å²) in [5, 5.41) is 2.23. The molecule has 0 aliphatic heterocycles. The highest BCUT2D eigenvalue weighted by Crippen LogP contribution is 2.16. The maximum absolute atomic E-state index is 11.6. The molecule has 0 fully saturated rings. The zero-order chi connectivity index (χ0) is 20.2. The van der Waals surface area contributed by atoms with E-state index in [0.717, 1.165) is 10.4 Å². The molecule has 0 unspecified atom stereocenters. The maximum atomic E-state index is 11.6. The number of carbonyl (C=O) groups excluding carboxylic acids is 2. The standard InChI is InChI=1S/C20H26O5Si2/c1-23-19(21)15-7-11-17(12-8-15)26(3,4)25-27(5,6)18-13-9-16(10-14-18)20(22)24-2/h7-14H,1-6H3. The van der Waals surface area contributed by atoms with Gasteiger partial charge in [-0.05, 0) is 60.8 Å². The van der Waals surface area contributed by atoms with Crippen molar-refractivity contribution < 1.29 is 23.2 Å². The Bertz CT molecular complexity index is 742. The zero-order valence-corrected chi connectivity index (χ0v) is 18.7. The molecular weight excluding hydrogens is 376 g/mol. The van der Waals surface area contributed by atoms with Crippen LogP contribution in [0.1, 0.15) is 20.7 Å². The molecule has 0 heterocycles. The van der Waals surface area contributed by atoms with Crippen molar-refractivity contribution in [1.82, 2.24) is 0 Å². The molecule has 2 aromatic rings. The summed E-state index contributed by atoms with van der Waals surface area (Å²) in [4.78, 5) is 23.2. The predicted molar refractivity (Wildman–Crippen MR) is 111 cm³/mol. The first kappa shape index (κ1) is 21.1. The molecule has 0 aromatic heterocycles. The molecule has 0 atom stereocenters. The fourth-order valence-corrected chi connectivity index (χ4v) is 11.0. The first-order valence-corrected chi connectivity index (χ1v) is 14.5. The summed E-state index contributed by atoms with van der Waals surface area (Å²) in [6.45, 7) is 8.60. The number of esters is 2. The van der Waals surface area contributed by atoms with Crippen LogP contribution < -0.4 is 10.4 Å². The molecule has 2 aromatic carbocycles. The second-order valence-corrected chi connectivity index (χ2v) is 15.3. The van der Waals surface area contributed by atoms with Crippen LogP contribution in [0.4, 0.5) is 0 Å². The quantitative estimate of drug-likeness (QED) is 0.549. The summed E-state index contributed by atoms with van der Waals surface area (Å²) in [6.07, 6.45) is 0. The molecule has 0 radical (unpaired) electrons. The van der Waals surface area contributed by atoms with Crippen LogP contribution in [0.5, 0.6) is 0 Å². The van der Waals surface area contributed by atoms with Gasteiger partial charge < -0.3 is 13.6 Å². The number of methoxy groups -OCH3 is 2. The Balaban J connectivity index is 2.21. The third kappa shape index (κ3) is 4.94. The lowest BCUT2D eigenvalue weighted by Crippen LogP contribution is -2.57. The minimum Gasteiger partial charge on any atom is -0.465 e. The van der Waals surface area contributed by atoms with Gasteiger partial charge in [0.25, 0.3) is 0 Å². The van der Waals surface area contributed by atoms with E-state index in [0.29, 0.717) is 11.1 Å². The molecule has 0 spiro atoms. The van der Waals surface area contributed by atoms with Gasteiger partial charge in [0.15, 0.2) is 0 Å². The molecule has 0 saturated carbocycles. The molecule has 0 aliphatic carbocycles. The molecule has 144 valence electrons. The van der Waals surface area contributed by atoms with Crippen LogP contribution in [0.15, 0.2) is 48.5 Å². The molecular formula is C20H26O5Si2. The summed E-state index contributed by atoms with van der Waals surface area (Å²) >= 11 is 0. The highest BCUT2D eigenvalue weighted by Gasteiger charge is 2.36. The van der Waals surface area contributed by atoms with Gasteiger partial charge in [0.2, 0.25) is 16.6 Å². The van der Waals surface area contributed by atoms with Gasteiger partial charge in [-0.1, -0.05) is 24.3 Å². The van der Waals surface area contributed by atoms with E-state index in [2.05, 4.69) is 26.2 Å². The Labute approximate surface area is 162 Å². The van der Waals surface area contributed by atoms with Gasteiger partial charge >= 0.3 is 11.9 Å². The number of hydrogen-bond donors (Lipinski definition) is 0. The first-order valence-electron chi connectivity index (χ1n) is 8.68. The lowest BCUT2D eigenvalue weighted by atomic mass is 10.2. The van der Waals surface area contributed by atoms with E-state index < -0.39 is 16.6 Å². The summed E-state index contributed by atoms with van der Waals surface area (Å²) in [7, 11) is -1.63. The Morgan fingerprint density at radius 2 is 0.926 bits per heavy atom. The second kappa shape index (κ2) is 8.20. The van der Waals surface area contributed by atoms with Crippen LogP contribution in [0.3, 0.4) is 0 Å². The van der Waals surface area contributed by atoms with Crippen molar-refractivity contribution >= 4 is 38.9 Å². The van der Waals surface area contributed by atoms with Crippen LogP contribution in [0.25, 0.3) is 0 Å². The van der Waals surface area contributed by atoms with Gasteiger partial charge in [0.1, 0.15) is 0 Å². The Morgan fingerprint density at radius 1 is 0.630 bits per heavy atom. The number of hydrogen-bond acceptors (Lipinski definition) is 5. The van der Waals surface area contributed by atoms with Crippen molar-refractivity contribution in [3.63, 3.8) is 0 Å². The largest absolute Gasteiger partial charge is 0.465 e. The third-order valence-electron chi connectivity index (χ3n) is 4.51. The third-order valence-corrected chi connectivity index (χ3v) is 12.0. The minimum absolute atomic E-state index is 0.345. The average molecular weight is 403 g/mol. The smallest absolute Gasteiger partial charge is 0.337 e. The van der Waals surface area contributed by atoms with E-state index in [1.165, 1.54) is 14.2 Å². The van der Waals surface area contributed by atoms with Crippen molar-refractivity contribution in [1.29, 1.82) is 0 Å². The molecule has 27 heavy (non-hydrogen) atoms. The van der Waals surface area contributed by atoms with E-state index >= 15 is 0 Å². The van der Waals surface area contributed by atoms with E-state index in [-0.39, 0.29) is 11.9 Å². The van der Waals surface area contributed by atoms with Crippen LogP contribution >= 0.6 is 0 Å². The van der Waals surface area contributed by atoms with Crippen molar-refractivity contribution in [2.75, 3.05) is 14.2 Å². The minimum atomic E-state index is -2.19. The molecule has 0 bridgehead atoms. The van der Waals surface area contributed by atoms with Gasteiger partial charge in [0, 0.05) is 0 Å². The molecule has 0 aliphatic rings. The number of benzene rings is 2. The van der Waals surface area contributed by atoms with Crippen LogP contribution in [0, 0.1) is 0 Å². The molecule has 7 heteroatoms. The molecule has 0 N–H and O–H groups in total. The van der Waals surface area contributed by atoms with Crippen molar-refractivity contribution in [3.05, 3.63) is 59.7 Å². The fraction of sp³-hybridized carbons (Fsp3) is 0.300. The molecule has 0 saturated heterocycles. The van der Waals surface area contributed by atoms with Gasteiger partial charge in [-0.15, -0.1) is 0 Å². The van der Waals surface area contributed by atoms with Gasteiger partial charge in [-0.25, -0.2) is 9.59 Å². The summed E-state index contributed by atoms with van der Waals surface area (Å²) < 4.78 is 16.2. The van der Waals surface area contributed by atoms with Gasteiger partial charge in [-0.3, -0.25) is 0 Å². The Hall–Kier alpha value is -2.23. The Kier molecular flexibility index (Phi) is 6.40. The number of carbonyl (C=O) groups is 2. The van der Waals surface area contributed by atoms with Gasteiger partial charge in [-0.2, -0.15) is 0 Å². The van der Waals surface area contributed by atoms with E-state index in [9.17, 15) is 9.59 Å². The normalized spacial score (nSPS) is 11.8. The van der Waals surface area contributed by atoms with E-state index in [4.69, 9.17) is 13.6 Å². The predicted octanol–water partition coefficient (Wildman–Crippen LogP) is 2.80. The van der Waals surface area contributed by atoms with Crippen molar-refractivity contribution in [2.45, 2.75) is 26.2 Å². The highest BCUT2D eigenvalue weighted by molar-refractivity contribution is 6.96. The lowest BCUT2D eigenvalue weighted by molar-refractivity contribution is 0.0592. The Morgan fingerprint density at radius 3 is 1.19 bits per heavy atom. The highest BCUT2D eigenvalue weighted by atomic mass is 28.4. The van der Waals surface area contributed by atoms with Crippen LogP contribution in [-0.4, -0.2) is 42.8 Å². The maximum Gasteiger partial charge on any atom is 0.337 e. The lowest BCUT2D eigenvalue weighted by Gasteiger charge is -2.34. The topological polar surface area (TPSA) is 61.8 Å². The molecule has 2 rings (SSSR count). The fourth-order valence-electron chi connectivity index (χ4n) is 3.01. The van der Waals surface area contributed by atoms with Crippen molar-refractivity contribution in [3.8, 4) is 0 Å². The molecule has 5 nitrogen and oxygen atoms in total. The SMILES string of the molecule is COC(=O)c1ccc([Si](C)(C)O[Si](C)(C)c2ccc(C(=O)OC)cc2)cc1. The van der Waals surface area contributed by atoms with E-state index in [1.807, 2.05) is 24.3 Å². The number of rotatable bonds is 6. The summed E-state index contributed by atoms with van der Waals surface area (Å²) in [6, 6.07) is 14.9. The summed E-state index contributed by atoms with van der Waals surface area (Å²) in [5.41, 5.74) is 1.06. The summed E-state index contributed by atoms with van der Waals surface area (Å²) in [5.74, 6) is -0.690. The monoisotopic (exact) mass is 402 g/mol. The zero-order valence-electron chi connectivity index (χ0n) is 16.7. The first-order chi connectivity index (χ1) is 12.6. The average Bonchev–Trinajstić information content (AvgIpc) is 2.66.